The van der Waals surface area contributed by atoms with Crippen molar-refractivity contribution >= 4 is 28.1 Å². The first-order chi connectivity index (χ1) is 14.6. The van der Waals surface area contributed by atoms with Crippen molar-refractivity contribution in [2.24, 2.45) is 0 Å². The van der Waals surface area contributed by atoms with Crippen molar-refractivity contribution in [1.82, 2.24) is 4.98 Å². The summed E-state index contributed by atoms with van der Waals surface area (Å²) in [6.07, 6.45) is 3.29. The molecule has 5 nitrogen and oxygen atoms in total. The van der Waals surface area contributed by atoms with Gasteiger partial charge < -0.3 is 9.47 Å². The molecule has 1 amide bonds. The highest BCUT2D eigenvalue weighted by Gasteiger charge is 2.20. The summed E-state index contributed by atoms with van der Waals surface area (Å²) in [6, 6.07) is 15.2. The highest BCUT2D eigenvalue weighted by Crippen LogP contribution is 2.34. The number of carbonyl (C=O) groups is 1. The quantitative estimate of drug-likeness (QED) is 0.383. The molecule has 0 aliphatic heterocycles. The van der Waals surface area contributed by atoms with E-state index in [1.54, 1.807) is 12.0 Å². The van der Waals surface area contributed by atoms with E-state index in [9.17, 15) is 4.79 Å². The second-order valence-corrected chi connectivity index (χ2v) is 7.51. The van der Waals surface area contributed by atoms with Gasteiger partial charge in [-0.05, 0) is 55.3 Å². The van der Waals surface area contributed by atoms with Crippen molar-refractivity contribution in [2.75, 3.05) is 12.0 Å². The lowest BCUT2D eigenvalue weighted by molar-refractivity contribution is -0.113. The number of amides is 1. The summed E-state index contributed by atoms with van der Waals surface area (Å²) >= 11 is 1.40. The van der Waals surface area contributed by atoms with E-state index in [1.807, 2.05) is 53.9 Å². The monoisotopic (exact) mass is 422 g/mol. The Labute approximate surface area is 181 Å². The fourth-order valence-corrected chi connectivity index (χ4v) is 3.89. The van der Waals surface area contributed by atoms with Crippen molar-refractivity contribution in [3.63, 3.8) is 0 Å². The number of carbonyl (C=O) groups excluding carboxylic acids is 1. The summed E-state index contributed by atoms with van der Waals surface area (Å²) in [5.41, 5.74) is 2.44. The van der Waals surface area contributed by atoms with Gasteiger partial charge in [0.05, 0.1) is 24.6 Å². The zero-order chi connectivity index (χ0) is 21.5. The number of benzene rings is 2. The van der Waals surface area contributed by atoms with Gasteiger partial charge in [-0.15, -0.1) is 11.3 Å². The minimum absolute atomic E-state index is 0.144. The first-order valence-electron chi connectivity index (χ1n) is 9.92. The predicted octanol–water partition coefficient (Wildman–Crippen LogP) is 6.24. The lowest BCUT2D eigenvalue weighted by atomic mass is 10.2. The average molecular weight is 423 g/mol. The van der Waals surface area contributed by atoms with Gasteiger partial charge in [0.1, 0.15) is 11.5 Å². The van der Waals surface area contributed by atoms with E-state index in [0.717, 1.165) is 35.6 Å². The third-order valence-corrected chi connectivity index (χ3v) is 5.58. The smallest absolute Gasteiger partial charge is 0.256 e. The van der Waals surface area contributed by atoms with E-state index in [1.165, 1.54) is 17.4 Å². The van der Waals surface area contributed by atoms with E-state index in [0.29, 0.717) is 10.8 Å². The number of rotatable bonds is 9. The van der Waals surface area contributed by atoms with Gasteiger partial charge in [-0.1, -0.05) is 26.5 Å². The SMILES string of the molecule is C=CC(=O)N(c1cccc(OC(CC)CC)c1)c1nc(-c2ccc(OC)cc2)cs1. The van der Waals surface area contributed by atoms with Crippen LogP contribution in [-0.4, -0.2) is 24.1 Å². The zero-order valence-corrected chi connectivity index (χ0v) is 18.3. The molecule has 0 radical (unpaired) electrons. The summed E-state index contributed by atoms with van der Waals surface area (Å²) in [5.74, 6) is 1.27. The molecule has 0 fully saturated rings. The highest BCUT2D eigenvalue weighted by molar-refractivity contribution is 7.14. The number of aromatic nitrogens is 1. The molecule has 0 spiro atoms. The van der Waals surface area contributed by atoms with Crippen molar-refractivity contribution < 1.29 is 14.3 Å². The number of thiazole rings is 1. The second kappa shape index (κ2) is 10.1. The zero-order valence-electron chi connectivity index (χ0n) is 17.5. The first kappa shape index (κ1) is 21.6. The minimum Gasteiger partial charge on any atom is -0.497 e. The van der Waals surface area contributed by atoms with E-state index in [-0.39, 0.29) is 12.0 Å². The Hall–Kier alpha value is -3.12. The molecule has 0 atom stereocenters. The number of anilines is 2. The molecular formula is C24H26N2O3S. The minimum atomic E-state index is -0.245. The van der Waals surface area contributed by atoms with Crippen LogP contribution in [0.3, 0.4) is 0 Å². The Morgan fingerprint density at radius 2 is 1.90 bits per heavy atom. The van der Waals surface area contributed by atoms with Crippen molar-refractivity contribution in [1.29, 1.82) is 0 Å². The van der Waals surface area contributed by atoms with Crippen LogP contribution in [0, 0.1) is 0 Å². The molecule has 0 aliphatic rings. The summed E-state index contributed by atoms with van der Waals surface area (Å²) in [6.45, 7) is 7.85. The maximum Gasteiger partial charge on any atom is 0.256 e. The van der Waals surface area contributed by atoms with Crippen molar-refractivity contribution in [2.45, 2.75) is 32.8 Å². The van der Waals surface area contributed by atoms with Crippen LogP contribution in [0.4, 0.5) is 10.8 Å². The summed E-state index contributed by atoms with van der Waals surface area (Å²) in [5, 5.41) is 2.51. The standard InChI is InChI=1S/C24H26N2O3S/c1-5-19(6-2)29-21-10-8-9-18(15-21)26(23(27)7-3)24-25-22(16-30-24)17-11-13-20(28-4)14-12-17/h7-16,19H,3,5-6H2,1-2,4H3. The Balaban J connectivity index is 1.93. The molecule has 6 heteroatoms. The van der Waals surface area contributed by atoms with E-state index < -0.39 is 0 Å². The van der Waals surface area contributed by atoms with Crippen molar-refractivity contribution in [3.8, 4) is 22.8 Å². The number of ether oxygens (including phenoxy) is 2. The summed E-state index contributed by atoms with van der Waals surface area (Å²) < 4.78 is 11.3. The maximum absolute atomic E-state index is 12.7. The van der Waals surface area contributed by atoms with E-state index >= 15 is 0 Å². The topological polar surface area (TPSA) is 51.7 Å². The molecule has 0 bridgehead atoms. The maximum atomic E-state index is 12.7. The molecular weight excluding hydrogens is 396 g/mol. The first-order valence-corrected chi connectivity index (χ1v) is 10.8. The van der Waals surface area contributed by atoms with Gasteiger partial charge in [-0.2, -0.15) is 0 Å². The average Bonchev–Trinajstić information content (AvgIpc) is 3.27. The highest BCUT2D eigenvalue weighted by atomic mass is 32.1. The third kappa shape index (κ3) is 4.89. The Kier molecular flexibility index (Phi) is 7.25. The van der Waals surface area contributed by atoms with Crippen LogP contribution in [0.1, 0.15) is 26.7 Å². The van der Waals surface area contributed by atoms with Crippen LogP contribution in [0.25, 0.3) is 11.3 Å². The van der Waals surface area contributed by atoms with Gasteiger partial charge in [-0.25, -0.2) is 4.98 Å². The van der Waals surface area contributed by atoms with Crippen LogP contribution in [-0.2, 0) is 4.79 Å². The molecule has 1 aromatic heterocycles. The molecule has 30 heavy (non-hydrogen) atoms. The van der Waals surface area contributed by atoms with Crippen LogP contribution in [0.2, 0.25) is 0 Å². The molecule has 3 rings (SSSR count). The Bertz CT molecular complexity index is 994. The molecule has 1 heterocycles. The molecule has 0 saturated carbocycles. The normalized spacial score (nSPS) is 10.7. The van der Waals surface area contributed by atoms with Gasteiger partial charge in [-0.3, -0.25) is 9.69 Å². The lowest BCUT2D eigenvalue weighted by Gasteiger charge is -2.21. The van der Waals surface area contributed by atoms with E-state index in [4.69, 9.17) is 14.5 Å². The van der Waals surface area contributed by atoms with Crippen molar-refractivity contribution in [3.05, 3.63) is 66.6 Å². The van der Waals surface area contributed by atoms with Crippen LogP contribution in [0.15, 0.2) is 66.6 Å². The Morgan fingerprint density at radius 1 is 1.17 bits per heavy atom. The number of methoxy groups -OCH3 is 1. The molecule has 0 N–H and O–H groups in total. The lowest BCUT2D eigenvalue weighted by Crippen LogP contribution is -2.23. The van der Waals surface area contributed by atoms with Crippen LogP contribution in [0.5, 0.6) is 11.5 Å². The second-order valence-electron chi connectivity index (χ2n) is 6.68. The molecule has 0 aliphatic carbocycles. The molecule has 2 aromatic carbocycles. The van der Waals surface area contributed by atoms with Gasteiger partial charge in [0.2, 0.25) is 0 Å². The van der Waals surface area contributed by atoms with Crippen LogP contribution >= 0.6 is 11.3 Å². The number of nitrogens with zero attached hydrogens (tertiary/aromatic N) is 2. The fraction of sp³-hybridized carbons (Fsp3) is 0.250. The molecule has 0 saturated heterocycles. The van der Waals surface area contributed by atoms with Gasteiger partial charge in [0.15, 0.2) is 5.13 Å². The van der Waals surface area contributed by atoms with Gasteiger partial charge >= 0.3 is 0 Å². The molecule has 3 aromatic rings. The number of hydrogen-bond donors (Lipinski definition) is 0. The van der Waals surface area contributed by atoms with Gasteiger partial charge in [0, 0.05) is 17.0 Å². The predicted molar refractivity (Wildman–Crippen MR) is 123 cm³/mol. The third-order valence-electron chi connectivity index (χ3n) is 4.75. The largest absolute Gasteiger partial charge is 0.497 e. The molecule has 156 valence electrons. The Morgan fingerprint density at radius 3 is 2.53 bits per heavy atom. The van der Waals surface area contributed by atoms with Gasteiger partial charge in [0.25, 0.3) is 5.91 Å². The number of hydrogen-bond acceptors (Lipinski definition) is 5. The fourth-order valence-electron chi connectivity index (χ4n) is 3.03. The summed E-state index contributed by atoms with van der Waals surface area (Å²) in [4.78, 5) is 19.0. The summed E-state index contributed by atoms with van der Waals surface area (Å²) in [7, 11) is 1.63. The van der Waals surface area contributed by atoms with Crippen LogP contribution < -0.4 is 14.4 Å². The molecule has 0 unspecified atom stereocenters. The van der Waals surface area contributed by atoms with E-state index in [2.05, 4.69) is 20.4 Å².